The van der Waals surface area contributed by atoms with Gasteiger partial charge in [-0.2, -0.15) is 0 Å². The van der Waals surface area contributed by atoms with Crippen molar-refractivity contribution >= 4 is 38.5 Å². The normalized spacial score (nSPS) is 12.2. The summed E-state index contributed by atoms with van der Waals surface area (Å²) in [6.45, 7) is 0. The number of benzene rings is 2. The summed E-state index contributed by atoms with van der Waals surface area (Å²) in [4.78, 5) is 0. The first-order chi connectivity index (χ1) is 8.61. The van der Waals surface area contributed by atoms with Crippen LogP contribution >= 0.6 is 38.5 Å². The van der Waals surface area contributed by atoms with Gasteiger partial charge in [0.05, 0.1) is 7.11 Å². The van der Waals surface area contributed by atoms with Crippen molar-refractivity contribution in [3.63, 3.8) is 0 Å². The van der Waals surface area contributed by atoms with Crippen LogP contribution in [0.25, 0.3) is 0 Å². The zero-order valence-electron chi connectivity index (χ0n) is 9.73. The van der Waals surface area contributed by atoms with Gasteiger partial charge in [0.1, 0.15) is 11.9 Å². The molecule has 0 fully saturated rings. The number of aliphatic hydroxyl groups is 1. The van der Waals surface area contributed by atoms with Crippen molar-refractivity contribution in [1.29, 1.82) is 0 Å². The lowest BCUT2D eigenvalue weighted by atomic mass is 10.0. The van der Waals surface area contributed by atoms with Gasteiger partial charge in [-0.05, 0) is 58.0 Å². The minimum absolute atomic E-state index is 0.639. The molecule has 4 heteroatoms. The predicted octanol–water partition coefficient (Wildman–Crippen LogP) is 4.14. The number of halogens is 2. The summed E-state index contributed by atoms with van der Waals surface area (Å²) < 4.78 is 7.09. The Kier molecular flexibility index (Phi) is 4.64. The molecule has 1 atom stereocenters. The highest BCUT2D eigenvalue weighted by molar-refractivity contribution is 14.1. The molecule has 0 spiro atoms. The van der Waals surface area contributed by atoms with Gasteiger partial charge in [0.15, 0.2) is 0 Å². The van der Waals surface area contributed by atoms with Gasteiger partial charge in [-0.25, -0.2) is 0 Å². The maximum absolute atomic E-state index is 10.4. The molecule has 1 N–H and O–H groups in total. The number of hydrogen-bond acceptors (Lipinski definition) is 2. The smallest absolute Gasteiger partial charge is 0.120 e. The van der Waals surface area contributed by atoms with Crippen LogP contribution in [0, 0.1) is 3.57 Å². The van der Waals surface area contributed by atoms with Crippen molar-refractivity contribution in [3.8, 4) is 5.75 Å². The topological polar surface area (TPSA) is 29.5 Å². The van der Waals surface area contributed by atoms with Crippen LogP contribution in [0.2, 0.25) is 0 Å². The summed E-state index contributed by atoms with van der Waals surface area (Å²) >= 11 is 5.70. The van der Waals surface area contributed by atoms with Gasteiger partial charge in [0.25, 0.3) is 0 Å². The molecule has 0 aliphatic rings. The highest BCUT2D eigenvalue weighted by Crippen LogP contribution is 2.31. The maximum atomic E-state index is 10.4. The minimum atomic E-state index is -0.639. The van der Waals surface area contributed by atoms with Crippen molar-refractivity contribution in [3.05, 3.63) is 61.6 Å². The largest absolute Gasteiger partial charge is 0.497 e. The molecule has 0 saturated heterocycles. The number of ether oxygens (including phenoxy) is 1. The second-order valence-corrected chi connectivity index (χ2v) is 5.94. The highest BCUT2D eigenvalue weighted by atomic mass is 127. The lowest BCUT2D eigenvalue weighted by Gasteiger charge is -2.14. The third-order valence-electron chi connectivity index (χ3n) is 2.67. The van der Waals surface area contributed by atoms with Crippen molar-refractivity contribution in [2.75, 3.05) is 7.11 Å². The SMILES string of the molecule is COc1ccc(C(O)c2cccc(I)c2)c(Br)c1. The van der Waals surface area contributed by atoms with Gasteiger partial charge in [-0.3, -0.25) is 0 Å². The van der Waals surface area contributed by atoms with E-state index >= 15 is 0 Å². The second kappa shape index (κ2) is 6.04. The second-order valence-electron chi connectivity index (χ2n) is 3.84. The summed E-state index contributed by atoms with van der Waals surface area (Å²) in [6.07, 6.45) is -0.639. The lowest BCUT2D eigenvalue weighted by molar-refractivity contribution is 0.219. The van der Waals surface area contributed by atoms with Crippen LogP contribution < -0.4 is 4.74 Å². The highest BCUT2D eigenvalue weighted by Gasteiger charge is 2.14. The molecule has 2 nitrogen and oxygen atoms in total. The van der Waals surface area contributed by atoms with Crippen LogP contribution in [0.3, 0.4) is 0 Å². The summed E-state index contributed by atoms with van der Waals surface area (Å²) in [5, 5.41) is 10.4. The van der Waals surface area contributed by atoms with Gasteiger partial charge in [0.2, 0.25) is 0 Å². The number of aliphatic hydroxyl groups excluding tert-OH is 1. The molecular formula is C14H12BrIO2. The molecule has 2 aromatic rings. The first kappa shape index (κ1) is 13.8. The molecule has 0 radical (unpaired) electrons. The molecule has 0 aromatic heterocycles. The lowest BCUT2D eigenvalue weighted by Crippen LogP contribution is -2.01. The zero-order chi connectivity index (χ0) is 13.1. The van der Waals surface area contributed by atoms with Crippen molar-refractivity contribution in [1.82, 2.24) is 0 Å². The average Bonchev–Trinajstić information content (AvgIpc) is 2.37. The van der Waals surface area contributed by atoms with Crippen molar-refractivity contribution in [2.24, 2.45) is 0 Å². The van der Waals surface area contributed by atoms with E-state index in [1.807, 2.05) is 42.5 Å². The van der Waals surface area contributed by atoms with E-state index in [4.69, 9.17) is 4.74 Å². The molecule has 18 heavy (non-hydrogen) atoms. The van der Waals surface area contributed by atoms with E-state index in [1.165, 1.54) is 0 Å². The molecule has 2 rings (SSSR count). The van der Waals surface area contributed by atoms with Crippen LogP contribution in [-0.2, 0) is 0 Å². The van der Waals surface area contributed by atoms with E-state index in [0.29, 0.717) is 0 Å². The van der Waals surface area contributed by atoms with E-state index in [9.17, 15) is 5.11 Å². The fourth-order valence-corrected chi connectivity index (χ4v) is 2.85. The van der Waals surface area contributed by atoms with E-state index < -0.39 is 6.10 Å². The Labute approximate surface area is 128 Å². The van der Waals surface area contributed by atoms with E-state index in [-0.39, 0.29) is 0 Å². The molecular weight excluding hydrogens is 407 g/mol. The molecule has 2 aromatic carbocycles. The Morgan fingerprint density at radius 1 is 1.22 bits per heavy atom. The standard InChI is InChI=1S/C14H12BrIO2/c1-18-11-5-6-12(13(15)8-11)14(17)9-3-2-4-10(16)7-9/h2-8,14,17H,1H3. The molecule has 1 unspecified atom stereocenters. The van der Waals surface area contributed by atoms with Crippen LogP contribution in [0.5, 0.6) is 5.75 Å². The van der Waals surface area contributed by atoms with Gasteiger partial charge in [0, 0.05) is 8.04 Å². The minimum Gasteiger partial charge on any atom is -0.497 e. The number of methoxy groups -OCH3 is 1. The van der Waals surface area contributed by atoms with Gasteiger partial charge in [-0.15, -0.1) is 0 Å². The molecule has 0 amide bonds. The van der Waals surface area contributed by atoms with Gasteiger partial charge >= 0.3 is 0 Å². The fraction of sp³-hybridized carbons (Fsp3) is 0.143. The number of rotatable bonds is 3. The quantitative estimate of drug-likeness (QED) is 0.759. The molecule has 0 saturated carbocycles. The Balaban J connectivity index is 2.37. The maximum Gasteiger partial charge on any atom is 0.120 e. The zero-order valence-corrected chi connectivity index (χ0v) is 13.5. The van der Waals surface area contributed by atoms with Crippen LogP contribution in [0.4, 0.5) is 0 Å². The summed E-state index contributed by atoms with van der Waals surface area (Å²) in [5.41, 5.74) is 1.71. The van der Waals surface area contributed by atoms with E-state index in [2.05, 4.69) is 38.5 Å². The van der Waals surface area contributed by atoms with Crippen molar-refractivity contribution < 1.29 is 9.84 Å². The van der Waals surface area contributed by atoms with Crippen LogP contribution in [0.15, 0.2) is 46.9 Å². The van der Waals surface area contributed by atoms with Crippen LogP contribution in [0.1, 0.15) is 17.2 Å². The predicted molar refractivity (Wildman–Crippen MR) is 83.9 cm³/mol. The van der Waals surface area contributed by atoms with E-state index in [1.54, 1.807) is 7.11 Å². The van der Waals surface area contributed by atoms with Gasteiger partial charge < -0.3 is 9.84 Å². The molecule has 94 valence electrons. The summed E-state index contributed by atoms with van der Waals surface area (Å²) in [7, 11) is 1.62. The van der Waals surface area contributed by atoms with E-state index in [0.717, 1.165) is 24.9 Å². The Morgan fingerprint density at radius 2 is 2.00 bits per heavy atom. The van der Waals surface area contributed by atoms with Gasteiger partial charge in [-0.1, -0.05) is 34.1 Å². The third kappa shape index (κ3) is 3.05. The molecule has 0 heterocycles. The first-order valence-electron chi connectivity index (χ1n) is 5.39. The Morgan fingerprint density at radius 3 is 2.61 bits per heavy atom. The fourth-order valence-electron chi connectivity index (χ4n) is 1.71. The molecule has 0 bridgehead atoms. The summed E-state index contributed by atoms with van der Waals surface area (Å²) in [5.74, 6) is 0.764. The summed E-state index contributed by atoms with van der Waals surface area (Å²) in [6, 6.07) is 13.4. The average molecular weight is 419 g/mol. The number of hydrogen-bond donors (Lipinski definition) is 1. The Bertz CT molecular complexity index is 557. The molecule has 0 aliphatic heterocycles. The third-order valence-corrected chi connectivity index (χ3v) is 4.02. The van der Waals surface area contributed by atoms with Crippen LogP contribution in [-0.4, -0.2) is 12.2 Å². The monoisotopic (exact) mass is 418 g/mol. The Hall–Kier alpha value is -0.590. The molecule has 0 aliphatic carbocycles. The first-order valence-corrected chi connectivity index (χ1v) is 7.26. The van der Waals surface area contributed by atoms with Crippen molar-refractivity contribution in [2.45, 2.75) is 6.10 Å².